The number of allylic oxidation sites excluding steroid dienone is 3. The Bertz CT molecular complexity index is 215. The fraction of sp³-hybridized carbons (Fsp3) is 0.500. The van der Waals surface area contributed by atoms with Gasteiger partial charge in [-0.2, -0.15) is 0 Å². The maximum Gasteiger partial charge on any atom is 0.170 e. The Balaban J connectivity index is 2.53. The first-order valence-corrected chi connectivity index (χ1v) is 5.15. The lowest BCUT2D eigenvalue weighted by atomic mass is 9.40. The van der Waals surface area contributed by atoms with Crippen molar-refractivity contribution in [3.05, 3.63) is 36.9 Å². The molecule has 0 nitrogen and oxygen atoms in total. The van der Waals surface area contributed by atoms with E-state index in [2.05, 4.69) is 26.1 Å². The van der Waals surface area contributed by atoms with Gasteiger partial charge in [0, 0.05) is 0 Å². The summed E-state index contributed by atoms with van der Waals surface area (Å²) in [4.78, 5) is 0. The van der Waals surface area contributed by atoms with Crippen molar-refractivity contribution in [2.75, 3.05) is 0 Å². The molecule has 0 amide bonds. The molecule has 1 aliphatic heterocycles. The molecule has 70 valence electrons. The maximum atomic E-state index is 3.81. The van der Waals surface area contributed by atoms with Gasteiger partial charge in [-0.05, 0) is 25.7 Å². The predicted molar refractivity (Wildman–Crippen MR) is 62.2 cm³/mol. The molecule has 0 radical (unpaired) electrons. The fourth-order valence-electron chi connectivity index (χ4n) is 2.30. The highest BCUT2D eigenvalue weighted by Crippen LogP contribution is 2.28. The van der Waals surface area contributed by atoms with Crippen molar-refractivity contribution < 1.29 is 0 Å². The van der Waals surface area contributed by atoms with Crippen molar-refractivity contribution in [2.45, 2.75) is 32.4 Å². The van der Waals surface area contributed by atoms with Crippen LogP contribution in [0.15, 0.2) is 36.9 Å². The third-order valence-corrected chi connectivity index (χ3v) is 2.74. The van der Waals surface area contributed by atoms with Crippen molar-refractivity contribution in [3.63, 3.8) is 0 Å². The molecule has 0 N–H and O–H groups in total. The molecule has 1 rings (SSSR count). The average molecular weight is 174 g/mol. The van der Waals surface area contributed by atoms with E-state index in [0.717, 1.165) is 19.0 Å². The zero-order valence-electron chi connectivity index (χ0n) is 8.63. The largest absolute Gasteiger partial charge is 0.170 e. The van der Waals surface area contributed by atoms with Gasteiger partial charge < -0.3 is 0 Å². The molecule has 0 saturated carbocycles. The summed E-state index contributed by atoms with van der Waals surface area (Å²) in [6.07, 6.45) is 8.96. The Morgan fingerprint density at radius 1 is 1.54 bits per heavy atom. The summed E-state index contributed by atoms with van der Waals surface area (Å²) in [5, 5.41) is 0. The first-order chi connectivity index (χ1) is 6.26. The first kappa shape index (κ1) is 10.4. The molecule has 1 heterocycles. The van der Waals surface area contributed by atoms with Crippen molar-refractivity contribution in [1.29, 1.82) is 0 Å². The van der Waals surface area contributed by atoms with E-state index in [4.69, 9.17) is 0 Å². The van der Waals surface area contributed by atoms with E-state index in [9.17, 15) is 0 Å². The van der Waals surface area contributed by atoms with Crippen LogP contribution >= 0.6 is 0 Å². The first-order valence-electron chi connectivity index (χ1n) is 5.15. The zero-order chi connectivity index (χ0) is 9.68. The van der Waals surface area contributed by atoms with E-state index < -0.39 is 0 Å². The van der Waals surface area contributed by atoms with E-state index in [1.165, 1.54) is 19.2 Å². The number of rotatable bonds is 4. The molecule has 0 aliphatic carbocycles. The molecule has 0 aromatic carbocycles. The molecule has 1 unspecified atom stereocenters. The summed E-state index contributed by atoms with van der Waals surface area (Å²) in [5.74, 6) is 3.24. The quantitative estimate of drug-likeness (QED) is 0.449. The van der Waals surface area contributed by atoms with Gasteiger partial charge in [0.15, 0.2) is 6.71 Å². The highest BCUT2D eigenvalue weighted by molar-refractivity contribution is 6.65. The lowest BCUT2D eigenvalue weighted by molar-refractivity contribution is 0.574. The van der Waals surface area contributed by atoms with E-state index >= 15 is 0 Å². The van der Waals surface area contributed by atoms with E-state index in [0.29, 0.717) is 0 Å². The molecule has 0 saturated heterocycles. The van der Waals surface area contributed by atoms with Crippen LogP contribution in [0.3, 0.4) is 0 Å². The van der Waals surface area contributed by atoms with E-state index in [1.54, 1.807) is 5.57 Å². The van der Waals surface area contributed by atoms with E-state index in [-0.39, 0.29) is 0 Å². The minimum atomic E-state index is 0.733. The normalized spacial score (nSPS) is 22.4. The Kier molecular flexibility index (Phi) is 4.07. The van der Waals surface area contributed by atoms with Crippen LogP contribution in [0, 0.1) is 5.92 Å². The van der Waals surface area contributed by atoms with Gasteiger partial charge in [-0.1, -0.05) is 30.4 Å². The summed E-state index contributed by atoms with van der Waals surface area (Å²) in [6.45, 7) is 10.6. The third-order valence-electron chi connectivity index (χ3n) is 2.74. The van der Waals surface area contributed by atoms with Crippen LogP contribution in [0.25, 0.3) is 0 Å². The number of hydrogen-bond acceptors (Lipinski definition) is 0. The molecule has 1 atom stereocenters. The summed E-state index contributed by atoms with van der Waals surface area (Å²) in [5.41, 5.74) is 1.55. The van der Waals surface area contributed by atoms with Crippen LogP contribution in [0.5, 0.6) is 0 Å². The third kappa shape index (κ3) is 3.26. The van der Waals surface area contributed by atoms with Gasteiger partial charge in [0.1, 0.15) is 0 Å². The van der Waals surface area contributed by atoms with Crippen LogP contribution in [0.1, 0.15) is 19.8 Å². The monoisotopic (exact) mass is 174 g/mol. The smallest absolute Gasteiger partial charge is 0.116 e. The lowest BCUT2D eigenvalue weighted by Crippen LogP contribution is -2.20. The summed E-state index contributed by atoms with van der Waals surface area (Å²) < 4.78 is 0. The van der Waals surface area contributed by atoms with E-state index in [1.807, 2.05) is 12.2 Å². The molecule has 0 aromatic rings. The van der Waals surface area contributed by atoms with Crippen molar-refractivity contribution >= 4 is 6.71 Å². The summed E-state index contributed by atoms with van der Waals surface area (Å²) >= 11 is 0. The second-order valence-electron chi connectivity index (χ2n) is 4.13. The Morgan fingerprint density at radius 2 is 2.31 bits per heavy atom. The van der Waals surface area contributed by atoms with Gasteiger partial charge in [0.05, 0.1) is 0 Å². The minimum Gasteiger partial charge on any atom is -0.116 e. The van der Waals surface area contributed by atoms with Crippen LogP contribution in [-0.2, 0) is 0 Å². The second kappa shape index (κ2) is 5.11. The van der Waals surface area contributed by atoms with Gasteiger partial charge in [-0.3, -0.25) is 0 Å². The molecular weight excluding hydrogens is 155 g/mol. The predicted octanol–water partition coefficient (Wildman–Crippen LogP) is 3.75. The zero-order valence-corrected chi connectivity index (χ0v) is 8.63. The standard InChI is InChI=1S/C12H19B/c1-4-6-12-8-11(3)9-13(10-12)7-5-2/h4-5,9,12H,1-2,6-8,10H2,3H3. The minimum absolute atomic E-state index is 0.733. The second-order valence-corrected chi connectivity index (χ2v) is 4.13. The van der Waals surface area contributed by atoms with Crippen molar-refractivity contribution in [1.82, 2.24) is 0 Å². The molecule has 0 spiro atoms. The summed E-state index contributed by atoms with van der Waals surface area (Å²) in [6, 6.07) is 0. The maximum absolute atomic E-state index is 3.81. The fourth-order valence-corrected chi connectivity index (χ4v) is 2.30. The molecule has 0 bridgehead atoms. The Labute approximate surface area is 82.5 Å². The van der Waals surface area contributed by atoms with Gasteiger partial charge in [0.25, 0.3) is 0 Å². The molecule has 1 heteroatoms. The van der Waals surface area contributed by atoms with Crippen LogP contribution < -0.4 is 0 Å². The SMILES string of the molecule is C=CCB1C=C(C)CC(CC=C)C1. The van der Waals surface area contributed by atoms with Crippen LogP contribution in [0.4, 0.5) is 0 Å². The van der Waals surface area contributed by atoms with Crippen molar-refractivity contribution in [3.8, 4) is 0 Å². The van der Waals surface area contributed by atoms with Gasteiger partial charge >= 0.3 is 0 Å². The molecule has 1 aliphatic rings. The van der Waals surface area contributed by atoms with Gasteiger partial charge in [-0.15, -0.1) is 19.1 Å². The van der Waals surface area contributed by atoms with Crippen LogP contribution in [-0.4, -0.2) is 6.71 Å². The Hall–Kier alpha value is -0.715. The molecule has 13 heavy (non-hydrogen) atoms. The topological polar surface area (TPSA) is 0 Å². The number of hydrogen-bond donors (Lipinski definition) is 0. The molecule has 0 fully saturated rings. The highest BCUT2D eigenvalue weighted by atomic mass is 14.1. The average Bonchev–Trinajstić information content (AvgIpc) is 2.04. The molecule has 0 aromatic heterocycles. The lowest BCUT2D eigenvalue weighted by Gasteiger charge is -2.24. The van der Waals surface area contributed by atoms with Gasteiger partial charge in [-0.25, -0.2) is 0 Å². The molecular formula is C12H19B. The summed E-state index contributed by atoms with van der Waals surface area (Å²) in [7, 11) is 0. The van der Waals surface area contributed by atoms with Crippen LogP contribution in [0.2, 0.25) is 12.6 Å². The van der Waals surface area contributed by atoms with Crippen molar-refractivity contribution in [2.24, 2.45) is 5.92 Å². The highest BCUT2D eigenvalue weighted by Gasteiger charge is 2.21. The van der Waals surface area contributed by atoms with Gasteiger partial charge in [0.2, 0.25) is 0 Å². The Morgan fingerprint density at radius 3 is 2.92 bits per heavy atom.